The fraction of sp³-hybridized carbons (Fsp3) is 0.357. The summed E-state index contributed by atoms with van der Waals surface area (Å²) in [5.41, 5.74) is 7.84. The Hall–Kier alpha value is -0.940. The Morgan fingerprint density at radius 3 is 2.58 bits per heavy atom. The molecule has 3 nitrogen and oxygen atoms in total. The maximum Gasteiger partial charge on any atom is 0.115 e. The molecule has 1 atom stereocenters. The number of thiazole rings is 1. The van der Waals surface area contributed by atoms with Crippen molar-refractivity contribution in [3.8, 4) is 0 Å². The molecule has 0 amide bonds. The van der Waals surface area contributed by atoms with E-state index in [0.29, 0.717) is 6.54 Å². The molecule has 0 aliphatic heterocycles. The number of nitrogens with zero attached hydrogens (tertiary/aromatic N) is 2. The van der Waals surface area contributed by atoms with Gasteiger partial charge in [0.15, 0.2) is 0 Å². The summed E-state index contributed by atoms with van der Waals surface area (Å²) in [7, 11) is 4.12. The number of rotatable bonds is 5. The predicted octanol–water partition coefficient (Wildman–Crippen LogP) is 2.95. The molecule has 0 bridgehead atoms. The van der Waals surface area contributed by atoms with Gasteiger partial charge in [-0.05, 0) is 38.3 Å². The maximum atomic E-state index is 5.95. The van der Waals surface area contributed by atoms with Crippen molar-refractivity contribution in [1.82, 2.24) is 9.88 Å². The van der Waals surface area contributed by atoms with Crippen molar-refractivity contribution < 1.29 is 0 Å². The Balaban J connectivity index is 2.31. The van der Waals surface area contributed by atoms with Gasteiger partial charge >= 0.3 is 0 Å². The molecule has 0 fully saturated rings. The minimum atomic E-state index is 0.161. The second-order valence-electron chi connectivity index (χ2n) is 4.63. The van der Waals surface area contributed by atoms with Gasteiger partial charge in [0.05, 0.1) is 11.7 Å². The lowest BCUT2D eigenvalue weighted by Crippen LogP contribution is -2.21. The quantitative estimate of drug-likeness (QED) is 0.922. The van der Waals surface area contributed by atoms with Crippen LogP contribution in [0, 0.1) is 0 Å². The van der Waals surface area contributed by atoms with Crippen LogP contribution in [0.4, 0.5) is 0 Å². The van der Waals surface area contributed by atoms with Crippen LogP contribution >= 0.6 is 22.9 Å². The number of hydrogen-bond donors (Lipinski definition) is 1. The molecule has 1 heterocycles. The summed E-state index contributed by atoms with van der Waals surface area (Å²) in [6, 6.07) is 8.10. The summed E-state index contributed by atoms with van der Waals surface area (Å²) in [6.07, 6.45) is 0.831. The first-order valence-electron chi connectivity index (χ1n) is 6.18. The van der Waals surface area contributed by atoms with Crippen molar-refractivity contribution in [1.29, 1.82) is 0 Å². The predicted molar refractivity (Wildman–Crippen MR) is 81.9 cm³/mol. The monoisotopic (exact) mass is 295 g/mol. The normalized spacial score (nSPS) is 12.9. The van der Waals surface area contributed by atoms with Crippen molar-refractivity contribution in [2.24, 2.45) is 5.73 Å². The third kappa shape index (κ3) is 3.54. The molecule has 0 aliphatic carbocycles. The summed E-state index contributed by atoms with van der Waals surface area (Å²) in [5.74, 6) is 0. The number of benzene rings is 1. The standard InChI is InChI=1S/C14H18ClN3S/c1-18(2)13(10-3-5-11(15)6-4-10)14-17-12(7-8-16)9-19-14/h3-6,9,13H,7-8,16H2,1-2H3. The molecule has 2 N–H and O–H groups in total. The number of nitrogens with two attached hydrogens (primary N) is 1. The van der Waals surface area contributed by atoms with E-state index in [0.717, 1.165) is 22.1 Å². The van der Waals surface area contributed by atoms with Gasteiger partial charge in [0.1, 0.15) is 5.01 Å². The molecule has 2 rings (SSSR count). The fourth-order valence-corrected chi connectivity index (χ4v) is 3.22. The Kier molecular flexibility index (Phi) is 4.93. The van der Waals surface area contributed by atoms with E-state index in [1.54, 1.807) is 11.3 Å². The zero-order chi connectivity index (χ0) is 13.8. The van der Waals surface area contributed by atoms with E-state index in [9.17, 15) is 0 Å². The van der Waals surface area contributed by atoms with Crippen LogP contribution in [0.5, 0.6) is 0 Å². The van der Waals surface area contributed by atoms with Crippen LogP contribution in [-0.2, 0) is 6.42 Å². The molecule has 2 aromatic rings. The van der Waals surface area contributed by atoms with Crippen LogP contribution in [-0.4, -0.2) is 30.5 Å². The number of aromatic nitrogens is 1. The van der Waals surface area contributed by atoms with Crippen molar-refractivity contribution in [3.05, 3.63) is 50.9 Å². The number of hydrogen-bond acceptors (Lipinski definition) is 4. The highest BCUT2D eigenvalue weighted by Gasteiger charge is 2.20. The Bertz CT molecular complexity index is 522. The molecule has 1 aromatic carbocycles. The minimum Gasteiger partial charge on any atom is -0.330 e. The van der Waals surface area contributed by atoms with Crippen molar-refractivity contribution >= 4 is 22.9 Å². The lowest BCUT2D eigenvalue weighted by Gasteiger charge is -2.22. The van der Waals surface area contributed by atoms with Crippen LogP contribution in [0.3, 0.4) is 0 Å². The fourth-order valence-electron chi connectivity index (χ4n) is 2.02. The van der Waals surface area contributed by atoms with Crippen molar-refractivity contribution in [2.75, 3.05) is 20.6 Å². The molecule has 0 saturated carbocycles. The zero-order valence-corrected chi connectivity index (χ0v) is 12.7. The van der Waals surface area contributed by atoms with E-state index in [1.165, 1.54) is 5.56 Å². The summed E-state index contributed by atoms with van der Waals surface area (Å²) in [4.78, 5) is 6.85. The average molecular weight is 296 g/mol. The highest BCUT2D eigenvalue weighted by molar-refractivity contribution is 7.09. The molecule has 0 radical (unpaired) electrons. The van der Waals surface area contributed by atoms with Gasteiger partial charge in [-0.25, -0.2) is 4.98 Å². The van der Waals surface area contributed by atoms with E-state index in [1.807, 2.05) is 12.1 Å². The molecule has 0 spiro atoms. The topological polar surface area (TPSA) is 42.2 Å². The highest BCUT2D eigenvalue weighted by atomic mass is 35.5. The third-order valence-electron chi connectivity index (χ3n) is 2.91. The van der Waals surface area contributed by atoms with Crippen LogP contribution in [0.25, 0.3) is 0 Å². The second-order valence-corrected chi connectivity index (χ2v) is 5.96. The van der Waals surface area contributed by atoms with Crippen LogP contribution in [0.1, 0.15) is 22.3 Å². The Morgan fingerprint density at radius 1 is 1.32 bits per heavy atom. The third-order valence-corrected chi connectivity index (χ3v) is 4.10. The first kappa shape index (κ1) is 14.5. The Morgan fingerprint density at radius 2 is 2.00 bits per heavy atom. The Labute approximate surface area is 123 Å². The van der Waals surface area contributed by atoms with Crippen molar-refractivity contribution in [2.45, 2.75) is 12.5 Å². The first-order valence-corrected chi connectivity index (χ1v) is 7.44. The molecule has 102 valence electrons. The van der Waals surface area contributed by atoms with E-state index in [-0.39, 0.29) is 6.04 Å². The van der Waals surface area contributed by atoms with Crippen LogP contribution in [0.15, 0.2) is 29.6 Å². The van der Waals surface area contributed by atoms with Crippen LogP contribution in [0.2, 0.25) is 5.02 Å². The lowest BCUT2D eigenvalue weighted by molar-refractivity contribution is 0.341. The largest absolute Gasteiger partial charge is 0.330 e. The summed E-state index contributed by atoms with van der Waals surface area (Å²) >= 11 is 7.63. The minimum absolute atomic E-state index is 0.161. The number of halogens is 1. The van der Waals surface area contributed by atoms with Gasteiger partial charge in [-0.2, -0.15) is 0 Å². The second kappa shape index (κ2) is 6.48. The van der Waals surface area contributed by atoms with Gasteiger partial charge in [-0.15, -0.1) is 11.3 Å². The summed E-state index contributed by atoms with van der Waals surface area (Å²) in [5, 5.41) is 3.94. The average Bonchev–Trinajstić information content (AvgIpc) is 2.80. The molecule has 0 aliphatic rings. The van der Waals surface area contributed by atoms with Gasteiger partial charge in [-0.3, -0.25) is 4.90 Å². The summed E-state index contributed by atoms with van der Waals surface area (Å²) in [6.45, 7) is 0.636. The molecular formula is C14H18ClN3S. The van der Waals surface area contributed by atoms with E-state index < -0.39 is 0 Å². The van der Waals surface area contributed by atoms with Gasteiger partial charge in [0, 0.05) is 16.8 Å². The van der Waals surface area contributed by atoms with Gasteiger partial charge in [0.25, 0.3) is 0 Å². The molecule has 0 saturated heterocycles. The van der Waals surface area contributed by atoms with Gasteiger partial charge < -0.3 is 5.73 Å². The molecule has 5 heteroatoms. The molecule has 1 aromatic heterocycles. The van der Waals surface area contributed by atoms with E-state index in [4.69, 9.17) is 17.3 Å². The van der Waals surface area contributed by atoms with Crippen molar-refractivity contribution in [3.63, 3.8) is 0 Å². The smallest absolute Gasteiger partial charge is 0.115 e. The zero-order valence-electron chi connectivity index (χ0n) is 11.1. The highest BCUT2D eigenvalue weighted by Crippen LogP contribution is 2.29. The molecule has 1 unspecified atom stereocenters. The SMILES string of the molecule is CN(C)C(c1ccc(Cl)cc1)c1nc(CCN)cs1. The van der Waals surface area contributed by atoms with E-state index >= 15 is 0 Å². The van der Waals surface area contributed by atoms with Crippen LogP contribution < -0.4 is 5.73 Å². The molecule has 19 heavy (non-hydrogen) atoms. The van der Waals surface area contributed by atoms with Gasteiger partial charge in [-0.1, -0.05) is 23.7 Å². The lowest BCUT2D eigenvalue weighted by atomic mass is 10.1. The maximum absolute atomic E-state index is 5.95. The molecular weight excluding hydrogens is 278 g/mol. The van der Waals surface area contributed by atoms with E-state index in [2.05, 4.69) is 41.5 Å². The summed E-state index contributed by atoms with van der Waals surface area (Å²) < 4.78 is 0. The first-order chi connectivity index (χ1) is 9.11. The van der Waals surface area contributed by atoms with Gasteiger partial charge in [0.2, 0.25) is 0 Å².